The minimum absolute atomic E-state index is 0.0374. The molecule has 0 saturated carbocycles. The molecular weight excluding hydrogens is 306 g/mol. The van der Waals surface area contributed by atoms with E-state index in [0.717, 1.165) is 0 Å². The summed E-state index contributed by atoms with van der Waals surface area (Å²) in [7, 11) is 0. The second-order valence-electron chi connectivity index (χ2n) is 9.02. The van der Waals surface area contributed by atoms with Gasteiger partial charge in [-0.25, -0.2) is 0 Å². The van der Waals surface area contributed by atoms with Gasteiger partial charge in [-0.3, -0.25) is 14.9 Å². The van der Waals surface area contributed by atoms with E-state index in [-0.39, 0.29) is 35.3 Å². The number of Topliss-reactive ketones (excluding diaryl/α,β-unsaturated/α-hetero) is 2. The summed E-state index contributed by atoms with van der Waals surface area (Å²) in [6, 6.07) is 0. The van der Waals surface area contributed by atoms with Gasteiger partial charge in [0.15, 0.2) is 5.54 Å². The van der Waals surface area contributed by atoms with Crippen LogP contribution in [0.1, 0.15) is 69.2 Å². The molecule has 0 aromatic rings. The van der Waals surface area contributed by atoms with Gasteiger partial charge < -0.3 is 9.47 Å². The Morgan fingerprint density at radius 1 is 0.792 bits per heavy atom. The molecule has 24 heavy (non-hydrogen) atoms. The molecule has 0 amide bonds. The lowest BCUT2D eigenvalue weighted by atomic mass is 9.69. The molecule has 138 valence electrons. The number of hydrogen-bond acceptors (Lipinski definition) is 5. The third-order valence-corrected chi connectivity index (χ3v) is 3.69. The van der Waals surface area contributed by atoms with Crippen LogP contribution in [0.5, 0.6) is 0 Å². The Balaban J connectivity index is 3.56. The van der Waals surface area contributed by atoms with Crippen molar-refractivity contribution < 1.29 is 19.1 Å². The average Bonchev–Trinajstić information content (AvgIpc) is 2.51. The standard InChI is InChI=1S/C19H33NO4/c1-11(2)23-13-14(24-12(3)4)16(22)19(15(13)21,17(5,6)7)20-18(8,9)10/h11-12,20H,1-10H3. The normalized spacial score (nSPS) is 18.8. The number of nitrogens with one attached hydrogen (secondary N) is 1. The van der Waals surface area contributed by atoms with E-state index < -0.39 is 16.5 Å². The van der Waals surface area contributed by atoms with Crippen LogP contribution in [0.25, 0.3) is 0 Å². The first-order valence-electron chi connectivity index (χ1n) is 8.60. The molecule has 0 radical (unpaired) electrons. The Labute approximate surface area is 146 Å². The highest BCUT2D eigenvalue weighted by molar-refractivity contribution is 6.30. The molecule has 0 aromatic heterocycles. The highest BCUT2D eigenvalue weighted by Crippen LogP contribution is 2.43. The zero-order valence-electron chi connectivity index (χ0n) is 16.8. The van der Waals surface area contributed by atoms with Crippen LogP contribution in [0.2, 0.25) is 0 Å². The molecule has 5 heteroatoms. The lowest BCUT2D eigenvalue weighted by Crippen LogP contribution is -2.68. The quantitative estimate of drug-likeness (QED) is 0.778. The van der Waals surface area contributed by atoms with Crippen molar-refractivity contribution in [3.05, 3.63) is 11.5 Å². The number of hydrogen-bond donors (Lipinski definition) is 1. The van der Waals surface area contributed by atoms with Crippen molar-refractivity contribution >= 4 is 11.6 Å². The van der Waals surface area contributed by atoms with E-state index in [1.54, 1.807) is 0 Å². The molecule has 0 unspecified atom stereocenters. The maximum Gasteiger partial charge on any atom is 0.230 e. The van der Waals surface area contributed by atoms with Crippen molar-refractivity contribution in [1.82, 2.24) is 5.32 Å². The summed E-state index contributed by atoms with van der Waals surface area (Å²) in [5.74, 6) is -0.621. The van der Waals surface area contributed by atoms with Gasteiger partial charge in [-0.1, -0.05) is 20.8 Å². The van der Waals surface area contributed by atoms with E-state index in [4.69, 9.17) is 9.47 Å². The first-order valence-corrected chi connectivity index (χ1v) is 8.60. The minimum atomic E-state index is -1.40. The summed E-state index contributed by atoms with van der Waals surface area (Å²) in [6.45, 7) is 18.8. The summed E-state index contributed by atoms with van der Waals surface area (Å²) < 4.78 is 11.4. The lowest BCUT2D eigenvalue weighted by molar-refractivity contribution is -0.139. The number of ether oxygens (including phenoxy) is 2. The third kappa shape index (κ3) is 3.82. The Morgan fingerprint density at radius 3 is 1.33 bits per heavy atom. The minimum Gasteiger partial charge on any atom is -0.484 e. The van der Waals surface area contributed by atoms with E-state index in [1.807, 2.05) is 69.2 Å². The average molecular weight is 339 g/mol. The van der Waals surface area contributed by atoms with Gasteiger partial charge in [-0.15, -0.1) is 0 Å². The van der Waals surface area contributed by atoms with E-state index >= 15 is 0 Å². The summed E-state index contributed by atoms with van der Waals surface area (Å²) >= 11 is 0. The molecule has 1 aliphatic carbocycles. The summed E-state index contributed by atoms with van der Waals surface area (Å²) in [5.41, 5.74) is -2.49. The first-order chi connectivity index (χ1) is 10.6. The predicted molar refractivity (Wildman–Crippen MR) is 94.6 cm³/mol. The van der Waals surface area contributed by atoms with Crippen LogP contribution < -0.4 is 5.32 Å². The molecule has 0 fully saturated rings. The zero-order chi connectivity index (χ0) is 19.1. The third-order valence-electron chi connectivity index (χ3n) is 3.69. The van der Waals surface area contributed by atoms with Crippen molar-refractivity contribution in [3.8, 4) is 0 Å². The van der Waals surface area contributed by atoms with E-state index in [0.29, 0.717) is 0 Å². The van der Waals surface area contributed by atoms with Crippen LogP contribution in [0.3, 0.4) is 0 Å². The molecule has 0 atom stereocenters. The van der Waals surface area contributed by atoms with E-state index in [9.17, 15) is 9.59 Å². The van der Waals surface area contributed by atoms with Gasteiger partial charge in [0.2, 0.25) is 23.1 Å². The Bertz CT molecular complexity index is 513. The zero-order valence-corrected chi connectivity index (χ0v) is 16.8. The summed E-state index contributed by atoms with van der Waals surface area (Å²) in [4.78, 5) is 26.7. The second-order valence-corrected chi connectivity index (χ2v) is 9.02. The molecule has 1 N–H and O–H groups in total. The van der Waals surface area contributed by atoms with E-state index in [1.165, 1.54) is 0 Å². The fourth-order valence-electron chi connectivity index (χ4n) is 2.88. The van der Waals surface area contributed by atoms with Crippen LogP contribution in [-0.2, 0) is 19.1 Å². The van der Waals surface area contributed by atoms with Gasteiger partial charge in [-0.05, 0) is 53.9 Å². The van der Waals surface area contributed by atoms with Gasteiger partial charge in [0.05, 0.1) is 12.2 Å². The smallest absolute Gasteiger partial charge is 0.230 e. The van der Waals surface area contributed by atoms with Gasteiger partial charge in [0.25, 0.3) is 0 Å². The number of ketones is 2. The highest BCUT2D eigenvalue weighted by Gasteiger charge is 2.64. The van der Waals surface area contributed by atoms with Crippen LogP contribution in [-0.4, -0.2) is 34.9 Å². The number of carbonyl (C=O) groups excluding carboxylic acids is 2. The van der Waals surface area contributed by atoms with Gasteiger partial charge >= 0.3 is 0 Å². The van der Waals surface area contributed by atoms with Crippen LogP contribution in [0, 0.1) is 5.41 Å². The van der Waals surface area contributed by atoms with Crippen LogP contribution in [0.4, 0.5) is 0 Å². The topological polar surface area (TPSA) is 64.6 Å². The molecule has 1 aliphatic rings. The largest absolute Gasteiger partial charge is 0.484 e. The van der Waals surface area contributed by atoms with Gasteiger partial charge in [0, 0.05) is 5.54 Å². The summed E-state index contributed by atoms with van der Waals surface area (Å²) in [5, 5.41) is 3.28. The molecule has 5 nitrogen and oxygen atoms in total. The van der Waals surface area contributed by atoms with Crippen LogP contribution >= 0.6 is 0 Å². The second kappa shape index (κ2) is 6.51. The Morgan fingerprint density at radius 2 is 1.12 bits per heavy atom. The maximum absolute atomic E-state index is 13.3. The SMILES string of the molecule is CC(C)OC1=C(OC(C)C)C(=O)C(NC(C)(C)C)(C(C)(C)C)C1=O. The Hall–Kier alpha value is -1.36. The monoisotopic (exact) mass is 339 g/mol. The van der Waals surface area contributed by atoms with Gasteiger partial charge in [0.1, 0.15) is 0 Å². The molecule has 1 rings (SSSR count). The fraction of sp³-hybridized carbons (Fsp3) is 0.789. The number of carbonyl (C=O) groups is 2. The van der Waals surface area contributed by atoms with Gasteiger partial charge in [-0.2, -0.15) is 0 Å². The van der Waals surface area contributed by atoms with Crippen molar-refractivity contribution in [2.45, 2.75) is 92.5 Å². The lowest BCUT2D eigenvalue weighted by Gasteiger charge is -2.44. The molecular formula is C19H33NO4. The molecule has 0 spiro atoms. The summed E-state index contributed by atoms with van der Waals surface area (Å²) in [6.07, 6.45) is -0.458. The van der Waals surface area contributed by atoms with Crippen molar-refractivity contribution in [2.75, 3.05) is 0 Å². The van der Waals surface area contributed by atoms with Crippen molar-refractivity contribution in [3.63, 3.8) is 0 Å². The molecule has 0 aliphatic heterocycles. The van der Waals surface area contributed by atoms with Crippen molar-refractivity contribution in [2.24, 2.45) is 5.41 Å². The molecule has 0 saturated heterocycles. The predicted octanol–water partition coefficient (Wildman–Crippen LogP) is 3.37. The molecule has 0 aromatic carbocycles. The van der Waals surface area contributed by atoms with Crippen LogP contribution in [0.15, 0.2) is 11.5 Å². The molecule has 0 bridgehead atoms. The number of rotatable bonds is 5. The molecule has 0 heterocycles. The fourth-order valence-corrected chi connectivity index (χ4v) is 2.88. The van der Waals surface area contributed by atoms with E-state index in [2.05, 4.69) is 5.32 Å². The Kier molecular flexibility index (Phi) is 5.61. The maximum atomic E-state index is 13.3. The first kappa shape index (κ1) is 20.7. The highest BCUT2D eigenvalue weighted by atomic mass is 16.5. The van der Waals surface area contributed by atoms with Crippen molar-refractivity contribution in [1.29, 1.82) is 0 Å².